The number of hydrogen-bond acceptors (Lipinski definition) is 3. The van der Waals surface area contributed by atoms with Crippen LogP contribution in [0.2, 0.25) is 0 Å². The summed E-state index contributed by atoms with van der Waals surface area (Å²) in [5.74, 6) is 1.55. The Morgan fingerprint density at radius 2 is 2.03 bits per heavy atom. The van der Waals surface area contributed by atoms with Gasteiger partial charge >= 0.3 is 5.97 Å². The fourth-order valence-corrected chi connectivity index (χ4v) is 6.09. The topological polar surface area (TPSA) is 75.6 Å². The zero-order chi connectivity index (χ0) is 21.0. The number of carboxylic acids is 1. The van der Waals surface area contributed by atoms with E-state index in [0.29, 0.717) is 35.3 Å². The van der Waals surface area contributed by atoms with E-state index in [1.807, 2.05) is 24.3 Å². The first-order chi connectivity index (χ1) is 13.8. The van der Waals surface area contributed by atoms with E-state index in [-0.39, 0.29) is 12.5 Å². The summed E-state index contributed by atoms with van der Waals surface area (Å²) in [6.07, 6.45) is 9.13. The van der Waals surface area contributed by atoms with E-state index in [9.17, 15) is 9.00 Å². The molecular weight excluding hydrogens is 501 g/mol. The second-order valence-electron chi connectivity index (χ2n) is 8.75. The predicted octanol–water partition coefficient (Wildman–Crippen LogP) is 5.09. The third-order valence-corrected chi connectivity index (χ3v) is 8.25. The van der Waals surface area contributed by atoms with Gasteiger partial charge in [0, 0.05) is 16.0 Å². The molecule has 3 fully saturated rings. The molecule has 0 radical (unpaired) electrons. The predicted molar refractivity (Wildman–Crippen MR) is 124 cm³/mol. The van der Waals surface area contributed by atoms with Crippen LogP contribution in [0.3, 0.4) is 0 Å². The molecule has 5 atom stereocenters. The molecule has 0 heterocycles. The van der Waals surface area contributed by atoms with Crippen LogP contribution in [0, 0.1) is 26.7 Å². The smallest absolute Gasteiger partial charge is 0.303 e. The Morgan fingerprint density at radius 1 is 1.31 bits per heavy atom. The van der Waals surface area contributed by atoms with Crippen LogP contribution < -0.4 is 8.91 Å². The Morgan fingerprint density at radius 3 is 2.69 bits per heavy atom. The standard InChI is InChI=1S/C22H30INO4S/c1-22(2)15-13-19(22)18(7-5-3-4-6-8-21(25)26)20(14-15)24-29(27)28-17-11-9-16(23)10-12-17/h3,5,9-12,15,18-20,24H,4,6-8,13-14H2,1-2H3,(H,25,26)/t15-,18?,19+,20?,29?/m1/s1. The lowest BCUT2D eigenvalue weighted by Crippen LogP contribution is -2.61. The van der Waals surface area contributed by atoms with Crippen molar-refractivity contribution >= 4 is 39.8 Å². The number of allylic oxidation sites excluding steroid dienone is 2. The molecule has 7 heteroatoms. The first-order valence-electron chi connectivity index (χ1n) is 10.3. The molecule has 160 valence electrons. The van der Waals surface area contributed by atoms with E-state index in [4.69, 9.17) is 9.29 Å². The van der Waals surface area contributed by atoms with Crippen molar-refractivity contribution in [3.63, 3.8) is 0 Å². The minimum atomic E-state index is -1.57. The quantitative estimate of drug-likeness (QED) is 0.251. The number of aliphatic carboxylic acids is 1. The van der Waals surface area contributed by atoms with Crippen molar-refractivity contribution in [3.05, 3.63) is 40.0 Å². The Balaban J connectivity index is 1.57. The molecule has 0 spiro atoms. The normalized spacial score (nSPS) is 28.7. The average Bonchev–Trinajstić information content (AvgIpc) is 2.66. The lowest BCUT2D eigenvalue weighted by molar-refractivity contribution is -0.137. The molecule has 29 heavy (non-hydrogen) atoms. The SMILES string of the molecule is CC1(C)[C@H]2CC(NS(=O)Oc3ccc(I)cc3)C(CC=CCCCC(=O)O)[C@@H]1C2. The van der Waals surface area contributed by atoms with Crippen molar-refractivity contribution in [2.24, 2.45) is 23.2 Å². The van der Waals surface area contributed by atoms with Gasteiger partial charge in [0.05, 0.1) is 0 Å². The fraction of sp³-hybridized carbons (Fsp3) is 0.591. The Hall–Kier alpha value is -0.930. The van der Waals surface area contributed by atoms with Gasteiger partial charge in [-0.1, -0.05) is 26.0 Å². The van der Waals surface area contributed by atoms with Crippen molar-refractivity contribution in [1.29, 1.82) is 0 Å². The number of halogens is 1. The molecule has 0 saturated heterocycles. The van der Waals surface area contributed by atoms with Gasteiger partial charge in [0.1, 0.15) is 5.75 Å². The van der Waals surface area contributed by atoms with Gasteiger partial charge in [0.2, 0.25) is 0 Å². The first-order valence-corrected chi connectivity index (χ1v) is 12.4. The highest BCUT2D eigenvalue weighted by Gasteiger charge is 2.57. The lowest BCUT2D eigenvalue weighted by Gasteiger charge is -2.62. The van der Waals surface area contributed by atoms with E-state index in [0.717, 1.165) is 22.8 Å². The van der Waals surface area contributed by atoms with Gasteiger partial charge in [-0.15, -0.1) is 0 Å². The summed E-state index contributed by atoms with van der Waals surface area (Å²) < 4.78 is 22.5. The van der Waals surface area contributed by atoms with Crippen molar-refractivity contribution in [1.82, 2.24) is 4.72 Å². The van der Waals surface area contributed by atoms with Crippen molar-refractivity contribution in [2.45, 2.75) is 58.4 Å². The number of hydrogen-bond donors (Lipinski definition) is 2. The summed E-state index contributed by atoms with van der Waals surface area (Å²) in [4.78, 5) is 10.6. The van der Waals surface area contributed by atoms with Crippen LogP contribution in [0.4, 0.5) is 0 Å². The molecule has 0 aromatic heterocycles. The zero-order valence-corrected chi connectivity index (χ0v) is 19.9. The maximum Gasteiger partial charge on any atom is 0.303 e. The number of nitrogens with one attached hydrogen (secondary N) is 1. The van der Waals surface area contributed by atoms with Crippen LogP contribution in [-0.2, 0) is 16.1 Å². The van der Waals surface area contributed by atoms with Gasteiger partial charge in [0.15, 0.2) is 0 Å². The molecule has 0 amide bonds. The van der Waals surface area contributed by atoms with E-state index in [1.54, 1.807) is 0 Å². The van der Waals surface area contributed by atoms with Crippen molar-refractivity contribution < 1.29 is 18.3 Å². The summed E-state index contributed by atoms with van der Waals surface area (Å²) >= 11 is 0.657. The third-order valence-electron chi connectivity index (χ3n) is 6.69. The van der Waals surface area contributed by atoms with E-state index < -0.39 is 17.2 Å². The summed E-state index contributed by atoms with van der Waals surface area (Å²) in [6, 6.07) is 7.70. The van der Waals surface area contributed by atoms with Gasteiger partial charge in [-0.2, -0.15) is 4.21 Å². The van der Waals surface area contributed by atoms with Gasteiger partial charge < -0.3 is 9.29 Å². The molecular formula is C22H30INO4S. The molecule has 4 rings (SSSR count). The van der Waals surface area contributed by atoms with Crippen molar-refractivity contribution in [2.75, 3.05) is 0 Å². The molecule has 1 aromatic carbocycles. The van der Waals surface area contributed by atoms with Gasteiger partial charge in [0.25, 0.3) is 11.3 Å². The Bertz CT molecular complexity index is 765. The van der Waals surface area contributed by atoms with Gasteiger partial charge in [-0.25, -0.2) is 4.72 Å². The zero-order valence-electron chi connectivity index (χ0n) is 17.0. The Kier molecular flexibility index (Phi) is 7.78. The molecule has 3 saturated carbocycles. The lowest BCUT2D eigenvalue weighted by atomic mass is 9.44. The molecule has 0 aliphatic heterocycles. The third kappa shape index (κ3) is 5.82. The number of fused-ring (bicyclic) bond motifs is 2. The Labute approximate surface area is 189 Å². The highest BCUT2D eigenvalue weighted by molar-refractivity contribution is 14.1. The molecule has 1 aromatic rings. The van der Waals surface area contributed by atoms with Gasteiger partial charge in [-0.3, -0.25) is 4.79 Å². The monoisotopic (exact) mass is 531 g/mol. The average molecular weight is 531 g/mol. The molecule has 2 N–H and O–H groups in total. The number of unbranched alkanes of at least 4 members (excludes halogenated alkanes) is 1. The number of carbonyl (C=O) groups is 1. The highest BCUT2D eigenvalue weighted by Crippen LogP contribution is 2.62. The minimum absolute atomic E-state index is 0.167. The largest absolute Gasteiger partial charge is 0.481 e. The van der Waals surface area contributed by atoms with E-state index in [1.165, 1.54) is 6.42 Å². The maximum absolute atomic E-state index is 12.6. The van der Waals surface area contributed by atoms with Crippen LogP contribution >= 0.6 is 22.6 Å². The minimum Gasteiger partial charge on any atom is -0.481 e. The van der Waals surface area contributed by atoms with Crippen LogP contribution in [-0.4, -0.2) is 21.3 Å². The first kappa shape index (κ1) is 22.7. The van der Waals surface area contributed by atoms with Crippen molar-refractivity contribution in [3.8, 4) is 5.75 Å². The number of benzene rings is 1. The summed E-state index contributed by atoms with van der Waals surface area (Å²) in [5.41, 5.74) is 0.332. The van der Waals surface area contributed by atoms with E-state index >= 15 is 0 Å². The fourth-order valence-electron chi connectivity index (χ4n) is 4.88. The maximum atomic E-state index is 12.6. The molecule has 3 aliphatic carbocycles. The van der Waals surface area contributed by atoms with Crippen LogP contribution in [0.1, 0.15) is 52.4 Å². The second-order valence-corrected chi connectivity index (χ2v) is 10.9. The summed E-state index contributed by atoms with van der Waals surface area (Å²) in [6.45, 7) is 4.70. The highest BCUT2D eigenvalue weighted by atomic mass is 127. The van der Waals surface area contributed by atoms with Crippen LogP contribution in [0.25, 0.3) is 0 Å². The summed E-state index contributed by atoms with van der Waals surface area (Å²) in [7, 11) is 0. The molecule has 3 aliphatic rings. The molecule has 2 bridgehead atoms. The van der Waals surface area contributed by atoms with Crippen LogP contribution in [0.5, 0.6) is 5.75 Å². The number of carboxylic acid groups (broad SMARTS) is 1. The van der Waals surface area contributed by atoms with Gasteiger partial charge in [-0.05, 0) is 102 Å². The van der Waals surface area contributed by atoms with Crippen LogP contribution in [0.15, 0.2) is 36.4 Å². The molecule has 3 unspecified atom stereocenters. The molecule has 5 nitrogen and oxygen atoms in total. The summed E-state index contributed by atoms with van der Waals surface area (Å²) in [5, 5.41) is 8.74. The van der Waals surface area contributed by atoms with E-state index in [2.05, 4.69) is 53.3 Å². The number of rotatable bonds is 10. The second kappa shape index (κ2) is 9.92.